The summed E-state index contributed by atoms with van der Waals surface area (Å²) < 4.78 is 68.8. The standard InChI is InChI=1S/C20H29F2NO6S/c1-14-6-8-16(9-7-14)30(25,26)28-11-10-27-17-13-23(12-15(2)20(17,21)22)18(24)29-19(3,4)5/h6-9,15,17H,10-13H2,1-5H3/t15-,17+/m1/s1. The highest BCUT2D eigenvalue weighted by molar-refractivity contribution is 7.86. The van der Waals surface area contributed by atoms with Crippen molar-refractivity contribution in [2.75, 3.05) is 26.3 Å². The summed E-state index contributed by atoms with van der Waals surface area (Å²) in [5.41, 5.74) is 0.134. The summed E-state index contributed by atoms with van der Waals surface area (Å²) in [6, 6.07) is 6.06. The van der Waals surface area contributed by atoms with Gasteiger partial charge in [0, 0.05) is 12.5 Å². The molecule has 30 heavy (non-hydrogen) atoms. The van der Waals surface area contributed by atoms with Crippen molar-refractivity contribution in [3.05, 3.63) is 29.8 Å². The molecule has 0 bridgehead atoms. The van der Waals surface area contributed by atoms with Crippen molar-refractivity contribution in [1.29, 1.82) is 0 Å². The molecule has 0 spiro atoms. The van der Waals surface area contributed by atoms with Crippen LogP contribution < -0.4 is 0 Å². The molecule has 1 saturated heterocycles. The average molecular weight is 450 g/mol. The van der Waals surface area contributed by atoms with Crippen molar-refractivity contribution in [2.45, 2.75) is 57.1 Å². The van der Waals surface area contributed by atoms with Crippen molar-refractivity contribution in [3.8, 4) is 0 Å². The van der Waals surface area contributed by atoms with Crippen LogP contribution in [0.5, 0.6) is 0 Å². The number of hydrogen-bond acceptors (Lipinski definition) is 6. The number of carbonyl (C=O) groups is 1. The van der Waals surface area contributed by atoms with Gasteiger partial charge in [-0.15, -0.1) is 0 Å². The van der Waals surface area contributed by atoms with Gasteiger partial charge in [0.25, 0.3) is 16.0 Å². The van der Waals surface area contributed by atoms with E-state index >= 15 is 0 Å². The van der Waals surface area contributed by atoms with Crippen LogP contribution in [0.1, 0.15) is 33.3 Å². The number of likely N-dealkylation sites (tertiary alicyclic amines) is 1. The highest BCUT2D eigenvalue weighted by atomic mass is 32.2. The van der Waals surface area contributed by atoms with Crippen LogP contribution in [0.2, 0.25) is 0 Å². The third-order valence-electron chi connectivity index (χ3n) is 4.57. The summed E-state index contributed by atoms with van der Waals surface area (Å²) in [4.78, 5) is 13.4. The molecule has 170 valence electrons. The second-order valence-electron chi connectivity index (χ2n) is 8.41. The number of carbonyl (C=O) groups excluding carboxylic acids is 1. The fraction of sp³-hybridized carbons (Fsp3) is 0.650. The number of amides is 1. The summed E-state index contributed by atoms with van der Waals surface area (Å²) >= 11 is 0. The van der Waals surface area contributed by atoms with Crippen LogP contribution >= 0.6 is 0 Å². The minimum absolute atomic E-state index is 0.0270. The van der Waals surface area contributed by atoms with E-state index in [1.807, 2.05) is 6.92 Å². The van der Waals surface area contributed by atoms with Crippen LogP contribution in [0.4, 0.5) is 13.6 Å². The Morgan fingerprint density at radius 1 is 1.17 bits per heavy atom. The molecule has 0 aromatic heterocycles. The minimum Gasteiger partial charge on any atom is -0.444 e. The molecule has 0 N–H and O–H groups in total. The molecule has 1 heterocycles. The molecule has 7 nitrogen and oxygen atoms in total. The molecule has 1 fully saturated rings. The molecule has 0 saturated carbocycles. The zero-order valence-electron chi connectivity index (χ0n) is 17.9. The predicted octanol–water partition coefficient (Wildman–Crippen LogP) is 3.61. The number of alkyl halides is 2. The first kappa shape index (κ1) is 24.5. The molecule has 2 rings (SSSR count). The van der Waals surface area contributed by atoms with Crippen molar-refractivity contribution < 1.29 is 35.6 Å². The quantitative estimate of drug-likeness (QED) is 0.488. The Morgan fingerprint density at radius 3 is 2.33 bits per heavy atom. The third-order valence-corrected chi connectivity index (χ3v) is 5.90. The SMILES string of the molecule is Cc1ccc(S(=O)(=O)OCCO[C@H]2CN(C(=O)OC(C)(C)C)C[C@@H](C)C2(F)F)cc1. The van der Waals surface area contributed by atoms with E-state index in [0.29, 0.717) is 0 Å². The van der Waals surface area contributed by atoms with Gasteiger partial charge in [-0.1, -0.05) is 24.6 Å². The second-order valence-corrected chi connectivity index (χ2v) is 10.0. The van der Waals surface area contributed by atoms with Crippen molar-refractivity contribution in [2.24, 2.45) is 5.92 Å². The largest absolute Gasteiger partial charge is 0.444 e. The van der Waals surface area contributed by atoms with E-state index in [9.17, 15) is 22.0 Å². The molecule has 1 aromatic rings. The molecular formula is C20H29F2NO6S. The number of nitrogens with zero attached hydrogens (tertiary/aromatic N) is 1. The number of hydrogen-bond donors (Lipinski definition) is 0. The first-order valence-electron chi connectivity index (χ1n) is 9.66. The van der Waals surface area contributed by atoms with Gasteiger partial charge in [0.05, 0.1) is 24.7 Å². The van der Waals surface area contributed by atoms with Gasteiger partial charge in [0.15, 0.2) is 0 Å². The zero-order valence-corrected chi connectivity index (χ0v) is 18.7. The van der Waals surface area contributed by atoms with Gasteiger partial charge in [-0.2, -0.15) is 8.42 Å². The summed E-state index contributed by atoms with van der Waals surface area (Å²) in [6.45, 7) is 6.87. The number of benzene rings is 1. The van der Waals surface area contributed by atoms with Crippen LogP contribution in [0.15, 0.2) is 29.2 Å². The fourth-order valence-corrected chi connectivity index (χ4v) is 3.81. The van der Waals surface area contributed by atoms with E-state index < -0.39 is 46.4 Å². The van der Waals surface area contributed by atoms with Crippen LogP contribution in [0.3, 0.4) is 0 Å². The van der Waals surface area contributed by atoms with Crippen LogP contribution in [-0.4, -0.2) is 63.3 Å². The Bertz CT molecular complexity index is 836. The van der Waals surface area contributed by atoms with Gasteiger partial charge in [-0.25, -0.2) is 13.6 Å². The number of halogens is 2. The van der Waals surface area contributed by atoms with E-state index in [0.717, 1.165) is 5.56 Å². The lowest BCUT2D eigenvalue weighted by atomic mass is 9.93. The third kappa shape index (κ3) is 6.36. The molecule has 0 radical (unpaired) electrons. The fourth-order valence-electron chi connectivity index (χ4n) is 2.91. The Kier molecular flexibility index (Phi) is 7.47. The minimum atomic E-state index is -4.02. The molecule has 10 heteroatoms. The lowest BCUT2D eigenvalue weighted by Gasteiger charge is -2.42. The second kappa shape index (κ2) is 9.15. The zero-order chi connectivity index (χ0) is 22.7. The van der Waals surface area contributed by atoms with Crippen molar-refractivity contribution in [1.82, 2.24) is 4.90 Å². The van der Waals surface area contributed by atoms with Crippen molar-refractivity contribution in [3.63, 3.8) is 0 Å². The lowest BCUT2D eigenvalue weighted by Crippen LogP contribution is -2.59. The highest BCUT2D eigenvalue weighted by Gasteiger charge is 2.51. The Labute approximate surface area is 176 Å². The Balaban J connectivity index is 1.94. The predicted molar refractivity (Wildman–Crippen MR) is 106 cm³/mol. The Morgan fingerprint density at radius 2 is 1.77 bits per heavy atom. The highest BCUT2D eigenvalue weighted by Crippen LogP contribution is 2.35. The van der Waals surface area contributed by atoms with Crippen LogP contribution in [0.25, 0.3) is 0 Å². The summed E-state index contributed by atoms with van der Waals surface area (Å²) in [7, 11) is -4.02. The van der Waals surface area contributed by atoms with Gasteiger partial charge < -0.3 is 14.4 Å². The van der Waals surface area contributed by atoms with Gasteiger partial charge in [-0.3, -0.25) is 4.18 Å². The Hall–Kier alpha value is -1.78. The molecular weight excluding hydrogens is 420 g/mol. The van der Waals surface area contributed by atoms with Crippen LogP contribution in [0, 0.1) is 12.8 Å². The number of aryl methyl sites for hydroxylation is 1. The van der Waals surface area contributed by atoms with Gasteiger partial charge in [0.2, 0.25) is 0 Å². The normalized spacial score (nSPS) is 22.0. The maximum absolute atomic E-state index is 14.5. The topological polar surface area (TPSA) is 82.1 Å². The smallest absolute Gasteiger partial charge is 0.410 e. The van der Waals surface area contributed by atoms with Gasteiger partial charge in [0.1, 0.15) is 11.7 Å². The molecule has 1 aliphatic heterocycles. The first-order chi connectivity index (χ1) is 13.7. The average Bonchev–Trinajstić information content (AvgIpc) is 2.61. The van der Waals surface area contributed by atoms with E-state index in [1.165, 1.54) is 24.0 Å². The van der Waals surface area contributed by atoms with Crippen LogP contribution in [-0.2, 0) is 23.8 Å². The molecule has 1 amide bonds. The number of rotatable bonds is 6. The summed E-state index contributed by atoms with van der Waals surface area (Å²) in [6.07, 6.45) is -2.30. The van der Waals surface area contributed by atoms with Gasteiger partial charge >= 0.3 is 6.09 Å². The van der Waals surface area contributed by atoms with Crippen molar-refractivity contribution >= 4 is 16.2 Å². The first-order valence-corrected chi connectivity index (χ1v) is 11.1. The molecule has 0 aliphatic carbocycles. The maximum Gasteiger partial charge on any atom is 0.410 e. The van der Waals surface area contributed by atoms with E-state index in [-0.39, 0.29) is 24.6 Å². The summed E-state index contributed by atoms with van der Waals surface area (Å²) in [5, 5.41) is 0. The van der Waals surface area contributed by atoms with E-state index in [1.54, 1.807) is 32.9 Å². The number of ether oxygens (including phenoxy) is 2. The molecule has 0 unspecified atom stereocenters. The van der Waals surface area contributed by atoms with E-state index in [2.05, 4.69) is 0 Å². The lowest BCUT2D eigenvalue weighted by molar-refractivity contribution is -0.197. The molecule has 2 atom stereocenters. The monoisotopic (exact) mass is 449 g/mol. The van der Waals surface area contributed by atoms with E-state index in [4.69, 9.17) is 13.7 Å². The maximum atomic E-state index is 14.5. The molecule has 1 aliphatic rings. The number of piperidine rings is 1. The van der Waals surface area contributed by atoms with Gasteiger partial charge in [-0.05, 0) is 39.8 Å². The summed E-state index contributed by atoms with van der Waals surface area (Å²) in [5.74, 6) is -4.34. The molecule has 1 aromatic carbocycles.